The van der Waals surface area contributed by atoms with Gasteiger partial charge in [0.05, 0.1) is 12.7 Å². The molecular formula is C16H20O9. The van der Waals surface area contributed by atoms with Crippen molar-refractivity contribution in [1.29, 1.82) is 0 Å². The van der Waals surface area contributed by atoms with E-state index in [0.717, 1.165) is 7.11 Å². The first kappa shape index (κ1) is 16.7. The largest absolute Gasteiger partial charge is 0.467 e. The van der Waals surface area contributed by atoms with E-state index in [4.69, 9.17) is 9.47 Å². The van der Waals surface area contributed by atoms with Gasteiger partial charge >= 0.3 is 17.9 Å². The molecule has 9 nitrogen and oxygen atoms in total. The normalized spacial score (nSPS) is 53.6. The van der Waals surface area contributed by atoms with Gasteiger partial charge in [-0.3, -0.25) is 4.79 Å². The van der Waals surface area contributed by atoms with Crippen molar-refractivity contribution in [2.24, 2.45) is 16.7 Å². The maximum absolute atomic E-state index is 12.5. The second-order valence-electron chi connectivity index (χ2n) is 7.61. The van der Waals surface area contributed by atoms with Crippen molar-refractivity contribution in [1.82, 2.24) is 0 Å². The second-order valence-corrected chi connectivity index (χ2v) is 7.61. The van der Waals surface area contributed by atoms with E-state index in [0.29, 0.717) is 6.42 Å². The molecule has 0 aromatic carbocycles. The van der Waals surface area contributed by atoms with Crippen LogP contribution in [0.2, 0.25) is 0 Å². The zero-order valence-corrected chi connectivity index (χ0v) is 13.9. The fourth-order valence-corrected chi connectivity index (χ4v) is 5.79. The molecular weight excluding hydrogens is 336 g/mol. The van der Waals surface area contributed by atoms with Gasteiger partial charge in [0.25, 0.3) is 0 Å². The van der Waals surface area contributed by atoms with E-state index in [1.165, 1.54) is 0 Å². The molecule has 2 heterocycles. The number of carbonyl (C=O) groups excluding carboxylic acids is 3. The molecule has 25 heavy (non-hydrogen) atoms. The van der Waals surface area contributed by atoms with Gasteiger partial charge in [-0.1, -0.05) is 6.92 Å². The molecule has 0 aromatic heterocycles. The number of methoxy groups -OCH3 is 1. The van der Waals surface area contributed by atoms with Crippen LogP contribution in [-0.4, -0.2) is 70.4 Å². The van der Waals surface area contributed by atoms with Gasteiger partial charge in [-0.25, -0.2) is 9.59 Å². The van der Waals surface area contributed by atoms with Crippen molar-refractivity contribution in [2.75, 3.05) is 13.7 Å². The Balaban J connectivity index is 2.03. The topological polar surface area (TPSA) is 140 Å². The Kier molecular flexibility index (Phi) is 3.03. The van der Waals surface area contributed by atoms with Crippen LogP contribution < -0.4 is 0 Å². The summed E-state index contributed by atoms with van der Waals surface area (Å²) in [6.45, 7) is 1.33. The van der Waals surface area contributed by atoms with Gasteiger partial charge in [-0.2, -0.15) is 0 Å². The first-order valence-corrected chi connectivity index (χ1v) is 8.22. The quantitative estimate of drug-likeness (QED) is 0.369. The zero-order chi connectivity index (χ0) is 18.4. The molecule has 9 heteroatoms. The molecule has 0 radical (unpaired) electrons. The highest BCUT2D eigenvalue weighted by atomic mass is 16.6. The number of cyclic esters (lactones) is 1. The molecule has 0 amide bonds. The second kappa shape index (κ2) is 4.52. The number of hydrogen-bond donors (Lipinski definition) is 3. The van der Waals surface area contributed by atoms with Crippen LogP contribution in [0.5, 0.6) is 0 Å². The Labute approximate surface area is 142 Å². The molecule has 2 saturated carbocycles. The lowest BCUT2D eigenvalue weighted by molar-refractivity contribution is -0.357. The highest BCUT2D eigenvalue weighted by Crippen LogP contribution is 2.72. The average molecular weight is 356 g/mol. The van der Waals surface area contributed by atoms with E-state index in [-0.39, 0.29) is 18.8 Å². The van der Waals surface area contributed by atoms with Crippen molar-refractivity contribution in [3.8, 4) is 0 Å². The highest BCUT2D eigenvalue weighted by Gasteiger charge is 2.90. The fourth-order valence-electron chi connectivity index (χ4n) is 5.79. The van der Waals surface area contributed by atoms with E-state index in [1.54, 1.807) is 6.92 Å². The third-order valence-electron chi connectivity index (χ3n) is 7.17. The maximum atomic E-state index is 12.5. The molecule has 2 bridgehead atoms. The van der Waals surface area contributed by atoms with Gasteiger partial charge in [0.1, 0.15) is 12.7 Å². The third-order valence-corrected chi connectivity index (χ3v) is 7.17. The lowest BCUT2D eigenvalue weighted by Crippen LogP contribution is -2.88. The smallest absolute Gasteiger partial charge is 0.343 e. The van der Waals surface area contributed by atoms with E-state index < -0.39 is 58.8 Å². The summed E-state index contributed by atoms with van der Waals surface area (Å²) in [5.74, 6) is -3.51. The van der Waals surface area contributed by atoms with Crippen molar-refractivity contribution >= 4 is 17.9 Å². The maximum Gasteiger partial charge on any atom is 0.343 e. The summed E-state index contributed by atoms with van der Waals surface area (Å²) in [6.07, 6.45) is -2.82. The summed E-state index contributed by atoms with van der Waals surface area (Å²) >= 11 is 0. The molecule has 4 rings (SSSR count). The zero-order valence-electron chi connectivity index (χ0n) is 13.9. The summed E-state index contributed by atoms with van der Waals surface area (Å²) in [6, 6.07) is 0. The number of ether oxygens (including phenoxy) is 3. The van der Waals surface area contributed by atoms with E-state index >= 15 is 0 Å². The number of esters is 3. The molecule has 4 aliphatic rings. The molecule has 138 valence electrons. The summed E-state index contributed by atoms with van der Waals surface area (Å²) in [4.78, 5) is 37.3. The lowest BCUT2D eigenvalue weighted by atomic mass is 9.42. The predicted molar refractivity (Wildman–Crippen MR) is 76.6 cm³/mol. The molecule has 3 N–H and O–H groups in total. The molecule has 7 unspecified atom stereocenters. The monoisotopic (exact) mass is 356 g/mol. The van der Waals surface area contributed by atoms with Crippen LogP contribution >= 0.6 is 0 Å². The number of aliphatic hydroxyl groups is 3. The van der Waals surface area contributed by atoms with Crippen molar-refractivity contribution in [2.45, 2.75) is 49.6 Å². The number of aliphatic hydroxyl groups excluding tert-OH is 1. The number of fused-ring (bicyclic) bond motifs is 2. The number of hydrogen-bond acceptors (Lipinski definition) is 9. The first-order chi connectivity index (χ1) is 11.6. The Morgan fingerprint density at radius 3 is 2.52 bits per heavy atom. The van der Waals surface area contributed by atoms with Crippen molar-refractivity contribution < 1.29 is 43.9 Å². The molecule has 2 aliphatic heterocycles. The van der Waals surface area contributed by atoms with Crippen LogP contribution in [0.15, 0.2) is 0 Å². The van der Waals surface area contributed by atoms with Gasteiger partial charge < -0.3 is 29.5 Å². The Hall–Kier alpha value is -1.71. The highest BCUT2D eigenvalue weighted by molar-refractivity contribution is 5.97. The Bertz CT molecular complexity index is 691. The van der Waals surface area contributed by atoms with E-state index in [1.807, 2.05) is 0 Å². The SMILES string of the molecule is COC(=O)C1(O)C2CC3(C(C)CCC3(O)C13COC3=O)C(O)C(=O)O2. The predicted octanol–water partition coefficient (Wildman–Crippen LogP) is -1.73. The van der Waals surface area contributed by atoms with Crippen LogP contribution in [0.4, 0.5) is 0 Å². The van der Waals surface area contributed by atoms with Gasteiger partial charge in [0.2, 0.25) is 5.60 Å². The van der Waals surface area contributed by atoms with Crippen molar-refractivity contribution in [3.63, 3.8) is 0 Å². The molecule has 2 saturated heterocycles. The van der Waals surface area contributed by atoms with Crippen LogP contribution in [-0.2, 0) is 28.6 Å². The summed E-state index contributed by atoms with van der Waals surface area (Å²) in [5.41, 5.74) is -8.06. The number of carbonyl (C=O) groups is 3. The van der Waals surface area contributed by atoms with Crippen LogP contribution in [0.1, 0.15) is 26.2 Å². The Morgan fingerprint density at radius 1 is 1.32 bits per heavy atom. The third kappa shape index (κ3) is 1.36. The van der Waals surface area contributed by atoms with Gasteiger partial charge in [-0.15, -0.1) is 0 Å². The fraction of sp³-hybridized carbons (Fsp3) is 0.812. The lowest BCUT2D eigenvalue weighted by Gasteiger charge is -2.68. The minimum absolute atomic E-state index is 0.0274. The minimum Gasteiger partial charge on any atom is -0.467 e. The standard InChI is InChI=1S/C16H20O9/c1-7-3-4-15(21)13(7)5-8(25-10(18)9(13)17)16(22,12(20)23-2)14(15)6-24-11(14)19/h7-9,17,21-22H,3-6H2,1-2H3. The molecule has 2 spiro atoms. The van der Waals surface area contributed by atoms with Gasteiger partial charge in [0.15, 0.2) is 11.5 Å². The van der Waals surface area contributed by atoms with Gasteiger partial charge in [-0.05, 0) is 25.2 Å². The first-order valence-electron chi connectivity index (χ1n) is 8.22. The van der Waals surface area contributed by atoms with Crippen molar-refractivity contribution in [3.05, 3.63) is 0 Å². The van der Waals surface area contributed by atoms with E-state index in [9.17, 15) is 29.7 Å². The Morgan fingerprint density at radius 2 is 2.00 bits per heavy atom. The molecule has 7 atom stereocenters. The average Bonchev–Trinajstić information content (AvgIpc) is 2.83. The summed E-state index contributed by atoms with van der Waals surface area (Å²) < 4.78 is 14.7. The summed E-state index contributed by atoms with van der Waals surface area (Å²) in [5, 5.41) is 33.6. The number of rotatable bonds is 1. The van der Waals surface area contributed by atoms with E-state index in [2.05, 4.69) is 4.74 Å². The van der Waals surface area contributed by atoms with Crippen LogP contribution in [0.25, 0.3) is 0 Å². The van der Waals surface area contributed by atoms with Crippen LogP contribution in [0, 0.1) is 16.7 Å². The molecule has 2 aliphatic carbocycles. The minimum atomic E-state index is -2.59. The molecule has 4 fully saturated rings. The summed E-state index contributed by atoms with van der Waals surface area (Å²) in [7, 11) is 1.03. The van der Waals surface area contributed by atoms with Gasteiger partial charge in [0, 0.05) is 5.41 Å². The molecule has 0 aromatic rings. The van der Waals surface area contributed by atoms with Crippen LogP contribution in [0.3, 0.4) is 0 Å².